The SMILES string of the molecule is COC(=O)CCc1nnc(NC(=O)C2CC23CCNCC3)s1. The van der Waals surface area contributed by atoms with Crippen LogP contribution in [0.4, 0.5) is 5.13 Å². The van der Waals surface area contributed by atoms with E-state index in [0.717, 1.165) is 37.4 Å². The van der Waals surface area contributed by atoms with Crippen molar-refractivity contribution >= 4 is 28.3 Å². The van der Waals surface area contributed by atoms with Crippen molar-refractivity contribution in [3.05, 3.63) is 5.01 Å². The summed E-state index contributed by atoms with van der Waals surface area (Å²) in [4.78, 5) is 23.4. The lowest BCUT2D eigenvalue weighted by atomic mass is 9.92. The summed E-state index contributed by atoms with van der Waals surface area (Å²) in [5.74, 6) is -0.110. The van der Waals surface area contributed by atoms with Crippen molar-refractivity contribution in [2.24, 2.45) is 11.3 Å². The van der Waals surface area contributed by atoms with Gasteiger partial charge in [-0.2, -0.15) is 0 Å². The molecular formula is C14H20N4O3S. The highest BCUT2D eigenvalue weighted by molar-refractivity contribution is 7.15. The van der Waals surface area contributed by atoms with Gasteiger partial charge in [0.25, 0.3) is 0 Å². The van der Waals surface area contributed by atoms with Gasteiger partial charge in [-0.05, 0) is 37.8 Å². The second-order valence-electron chi connectivity index (χ2n) is 5.94. The predicted octanol–water partition coefficient (Wildman–Crippen LogP) is 0.972. The van der Waals surface area contributed by atoms with Crippen LogP contribution in [0.15, 0.2) is 0 Å². The molecule has 1 saturated carbocycles. The number of rotatable bonds is 5. The molecule has 1 aromatic heterocycles. The Labute approximate surface area is 132 Å². The van der Waals surface area contributed by atoms with Gasteiger partial charge >= 0.3 is 5.97 Å². The molecule has 1 aliphatic heterocycles. The minimum Gasteiger partial charge on any atom is -0.469 e. The number of hydrogen-bond donors (Lipinski definition) is 2. The van der Waals surface area contributed by atoms with Crippen LogP contribution in [0.5, 0.6) is 0 Å². The first kappa shape index (κ1) is 15.4. The Morgan fingerprint density at radius 2 is 2.18 bits per heavy atom. The minimum atomic E-state index is -0.272. The largest absolute Gasteiger partial charge is 0.469 e. The number of aromatic nitrogens is 2. The fourth-order valence-electron chi connectivity index (χ4n) is 3.10. The molecule has 0 aromatic carbocycles. The number of anilines is 1. The Bertz CT molecular complexity index is 568. The number of aryl methyl sites for hydroxylation is 1. The zero-order valence-corrected chi connectivity index (χ0v) is 13.4. The number of piperidine rings is 1. The number of methoxy groups -OCH3 is 1. The number of amides is 1. The van der Waals surface area contributed by atoms with Crippen LogP contribution in [0.25, 0.3) is 0 Å². The quantitative estimate of drug-likeness (QED) is 0.784. The fraction of sp³-hybridized carbons (Fsp3) is 0.714. The molecule has 1 saturated heterocycles. The van der Waals surface area contributed by atoms with Crippen molar-refractivity contribution in [2.45, 2.75) is 32.1 Å². The van der Waals surface area contributed by atoms with Gasteiger partial charge in [-0.1, -0.05) is 11.3 Å². The van der Waals surface area contributed by atoms with Gasteiger partial charge in [-0.15, -0.1) is 10.2 Å². The summed E-state index contributed by atoms with van der Waals surface area (Å²) in [6.07, 6.45) is 3.89. The molecule has 0 radical (unpaired) electrons. The lowest BCUT2D eigenvalue weighted by Gasteiger charge is -2.22. The highest BCUT2D eigenvalue weighted by atomic mass is 32.1. The standard InChI is InChI=1S/C14H20N4O3S/c1-21-11(19)3-2-10-17-18-13(22-10)16-12(20)9-8-14(9)4-6-15-7-5-14/h9,15H,2-8H2,1H3,(H,16,18,20). The van der Waals surface area contributed by atoms with Crippen molar-refractivity contribution in [1.82, 2.24) is 15.5 Å². The van der Waals surface area contributed by atoms with Crippen LogP contribution >= 0.6 is 11.3 Å². The third-order valence-electron chi connectivity index (χ3n) is 4.57. The lowest BCUT2D eigenvalue weighted by Crippen LogP contribution is -2.31. The molecule has 2 heterocycles. The van der Waals surface area contributed by atoms with Gasteiger partial charge in [0.1, 0.15) is 5.01 Å². The van der Waals surface area contributed by atoms with E-state index in [9.17, 15) is 9.59 Å². The summed E-state index contributed by atoms with van der Waals surface area (Å²) < 4.78 is 4.59. The third kappa shape index (κ3) is 3.27. The van der Waals surface area contributed by atoms with Crippen LogP contribution in [0, 0.1) is 11.3 Å². The van der Waals surface area contributed by atoms with Crippen molar-refractivity contribution < 1.29 is 14.3 Å². The monoisotopic (exact) mass is 324 g/mol. The lowest BCUT2D eigenvalue weighted by molar-refractivity contribution is -0.140. The average Bonchev–Trinajstić information content (AvgIpc) is 3.03. The van der Waals surface area contributed by atoms with Gasteiger partial charge < -0.3 is 15.4 Å². The summed E-state index contributed by atoms with van der Waals surface area (Å²) in [7, 11) is 1.36. The first-order chi connectivity index (χ1) is 10.6. The maximum atomic E-state index is 12.3. The van der Waals surface area contributed by atoms with E-state index in [2.05, 4.69) is 25.6 Å². The highest BCUT2D eigenvalue weighted by Gasteiger charge is 2.57. The minimum absolute atomic E-state index is 0.0533. The van der Waals surface area contributed by atoms with Gasteiger partial charge in [-0.3, -0.25) is 9.59 Å². The topological polar surface area (TPSA) is 93.2 Å². The van der Waals surface area contributed by atoms with E-state index in [1.54, 1.807) is 0 Å². The average molecular weight is 324 g/mol. The van der Waals surface area contributed by atoms with Crippen LogP contribution in [-0.2, 0) is 20.7 Å². The van der Waals surface area contributed by atoms with Crippen molar-refractivity contribution in [2.75, 3.05) is 25.5 Å². The molecule has 22 heavy (non-hydrogen) atoms. The molecule has 1 aliphatic carbocycles. The summed E-state index contributed by atoms with van der Waals surface area (Å²) >= 11 is 1.32. The van der Waals surface area contributed by atoms with Gasteiger partial charge in [0.2, 0.25) is 11.0 Å². The second-order valence-corrected chi connectivity index (χ2v) is 7.00. The van der Waals surface area contributed by atoms with E-state index >= 15 is 0 Å². The molecule has 2 aliphatic rings. The summed E-state index contributed by atoms with van der Waals surface area (Å²) in [5, 5.41) is 15.4. The Kier molecular flexibility index (Phi) is 4.39. The number of esters is 1. The fourth-order valence-corrected chi connectivity index (χ4v) is 3.85. The number of ether oxygens (including phenoxy) is 1. The van der Waals surface area contributed by atoms with Gasteiger partial charge in [-0.25, -0.2) is 0 Å². The van der Waals surface area contributed by atoms with E-state index in [1.165, 1.54) is 18.4 Å². The summed E-state index contributed by atoms with van der Waals surface area (Å²) in [6, 6.07) is 0. The van der Waals surface area contributed by atoms with Gasteiger partial charge in [0.15, 0.2) is 0 Å². The van der Waals surface area contributed by atoms with Gasteiger partial charge in [0, 0.05) is 12.3 Å². The van der Waals surface area contributed by atoms with Crippen LogP contribution < -0.4 is 10.6 Å². The number of carbonyl (C=O) groups excluding carboxylic acids is 2. The number of hydrogen-bond acceptors (Lipinski definition) is 7. The molecule has 2 fully saturated rings. The van der Waals surface area contributed by atoms with Crippen LogP contribution in [0.3, 0.4) is 0 Å². The Hall–Kier alpha value is -1.54. The molecule has 1 aromatic rings. The Balaban J connectivity index is 1.50. The zero-order valence-electron chi connectivity index (χ0n) is 12.6. The third-order valence-corrected chi connectivity index (χ3v) is 5.47. The molecule has 1 amide bonds. The molecule has 1 atom stereocenters. The van der Waals surface area contributed by atoms with Crippen LogP contribution in [-0.4, -0.2) is 42.3 Å². The normalized spacial score (nSPS) is 22.3. The van der Waals surface area contributed by atoms with Crippen molar-refractivity contribution in [3.8, 4) is 0 Å². The smallest absolute Gasteiger partial charge is 0.305 e. The van der Waals surface area contributed by atoms with Gasteiger partial charge in [0.05, 0.1) is 13.5 Å². The van der Waals surface area contributed by atoms with Crippen molar-refractivity contribution in [1.29, 1.82) is 0 Å². The second kappa shape index (κ2) is 6.29. The highest BCUT2D eigenvalue weighted by Crippen LogP contribution is 2.58. The first-order valence-electron chi connectivity index (χ1n) is 7.54. The van der Waals surface area contributed by atoms with E-state index in [-0.39, 0.29) is 29.6 Å². The number of nitrogens with zero attached hydrogens (tertiary/aromatic N) is 2. The van der Waals surface area contributed by atoms with E-state index in [1.807, 2.05) is 0 Å². The maximum Gasteiger partial charge on any atom is 0.305 e. The van der Waals surface area contributed by atoms with Crippen LogP contribution in [0.1, 0.15) is 30.7 Å². The molecule has 0 bridgehead atoms. The Morgan fingerprint density at radius 3 is 2.91 bits per heavy atom. The predicted molar refractivity (Wildman–Crippen MR) is 81.5 cm³/mol. The maximum absolute atomic E-state index is 12.3. The summed E-state index contributed by atoms with van der Waals surface area (Å²) in [6.45, 7) is 2.00. The zero-order chi connectivity index (χ0) is 15.6. The molecule has 2 N–H and O–H groups in total. The van der Waals surface area contributed by atoms with E-state index < -0.39 is 0 Å². The van der Waals surface area contributed by atoms with Crippen LogP contribution in [0.2, 0.25) is 0 Å². The first-order valence-corrected chi connectivity index (χ1v) is 8.35. The number of carbonyl (C=O) groups is 2. The molecular weight excluding hydrogens is 304 g/mol. The molecule has 7 nitrogen and oxygen atoms in total. The number of nitrogens with one attached hydrogen (secondary N) is 2. The van der Waals surface area contributed by atoms with E-state index in [4.69, 9.17) is 0 Å². The molecule has 8 heteroatoms. The van der Waals surface area contributed by atoms with Crippen molar-refractivity contribution in [3.63, 3.8) is 0 Å². The van der Waals surface area contributed by atoms with E-state index in [0.29, 0.717) is 11.6 Å². The summed E-state index contributed by atoms with van der Waals surface area (Å²) in [5.41, 5.74) is 0.216. The molecule has 1 spiro atoms. The molecule has 3 rings (SSSR count). The Morgan fingerprint density at radius 1 is 1.41 bits per heavy atom. The molecule has 1 unspecified atom stereocenters. The molecule has 120 valence electrons.